The first-order valence-electron chi connectivity index (χ1n) is 10.1. The van der Waals surface area contributed by atoms with Gasteiger partial charge in [-0.25, -0.2) is 0 Å². The molecule has 0 saturated heterocycles. The van der Waals surface area contributed by atoms with Gasteiger partial charge in [0.15, 0.2) is 0 Å². The summed E-state index contributed by atoms with van der Waals surface area (Å²) in [6, 6.07) is 22.8. The molecule has 0 radical (unpaired) electrons. The minimum absolute atomic E-state index is 0.0447. The second-order valence-electron chi connectivity index (χ2n) is 7.45. The fourth-order valence-corrected chi connectivity index (χ4v) is 3.51. The highest BCUT2D eigenvalue weighted by Crippen LogP contribution is 2.40. The number of hydrogen-bond donors (Lipinski definition) is 1. The Bertz CT molecular complexity index is 1170. The van der Waals surface area contributed by atoms with E-state index in [4.69, 9.17) is 20.5 Å². The molecule has 162 valence electrons. The minimum atomic E-state index is -3.33. The lowest BCUT2D eigenvalue weighted by molar-refractivity contribution is -0.0768. The molecule has 3 aromatic rings. The van der Waals surface area contributed by atoms with Crippen LogP contribution in [0.3, 0.4) is 0 Å². The van der Waals surface area contributed by atoms with Gasteiger partial charge in [0.05, 0.1) is 23.7 Å². The Labute approximate surface area is 184 Å². The number of amidine groups is 1. The number of nitrogens with zero attached hydrogens (tertiary/aromatic N) is 2. The first-order chi connectivity index (χ1) is 15.5. The molecule has 1 heterocycles. The summed E-state index contributed by atoms with van der Waals surface area (Å²) < 4.78 is 41.7. The zero-order valence-corrected chi connectivity index (χ0v) is 17.2. The number of halogens is 2. The Morgan fingerprint density at radius 2 is 1.78 bits per heavy atom. The third-order valence-electron chi connectivity index (χ3n) is 5.13. The summed E-state index contributed by atoms with van der Waals surface area (Å²) >= 11 is 0. The Hall–Kier alpha value is -3.76. The number of ether oxygens (including phenoxy) is 2. The summed E-state index contributed by atoms with van der Waals surface area (Å²) in [5, 5.41) is 9.17. The summed E-state index contributed by atoms with van der Waals surface area (Å²) in [6.45, 7) is -0.899. The molecule has 3 aromatic carbocycles. The molecule has 2 N–H and O–H groups in total. The van der Waals surface area contributed by atoms with Gasteiger partial charge >= 0.3 is 0 Å². The van der Waals surface area contributed by atoms with Gasteiger partial charge in [0.2, 0.25) is 0 Å². The van der Waals surface area contributed by atoms with Crippen LogP contribution < -0.4 is 10.5 Å². The summed E-state index contributed by atoms with van der Waals surface area (Å²) in [6.07, 6.45) is -0.602. The smallest absolute Gasteiger partial charge is 0.299 e. The van der Waals surface area contributed by atoms with E-state index >= 15 is 8.78 Å². The van der Waals surface area contributed by atoms with Gasteiger partial charge < -0.3 is 15.2 Å². The van der Waals surface area contributed by atoms with Gasteiger partial charge in [0, 0.05) is 0 Å². The Morgan fingerprint density at radius 3 is 2.56 bits per heavy atom. The van der Waals surface area contributed by atoms with Crippen LogP contribution in [0, 0.1) is 11.3 Å². The van der Waals surface area contributed by atoms with Crippen molar-refractivity contribution in [2.24, 2.45) is 10.7 Å². The van der Waals surface area contributed by atoms with Gasteiger partial charge in [-0.1, -0.05) is 48.5 Å². The molecule has 0 aromatic heterocycles. The average molecular weight is 433 g/mol. The van der Waals surface area contributed by atoms with Gasteiger partial charge in [0.1, 0.15) is 30.9 Å². The lowest BCUT2D eigenvalue weighted by atomic mass is 9.98. The number of aliphatic imine (C=N–C) groups is 1. The predicted molar refractivity (Wildman–Crippen MR) is 118 cm³/mol. The lowest BCUT2D eigenvalue weighted by Crippen LogP contribution is -2.26. The standard InChI is InChI=1S/C25H21F2N3O2/c26-25(27)16-31-15-24(29)30-14-23(18-6-2-1-3-7-18)32-22-10-9-20(12-21(22)25)19-8-4-5-17(11-19)13-28/h1-12,23H,14-16H2,(H2,29,30). The van der Waals surface area contributed by atoms with Gasteiger partial charge in [-0.3, -0.25) is 4.99 Å². The predicted octanol–water partition coefficient (Wildman–Crippen LogP) is 4.82. The molecule has 5 nitrogen and oxygen atoms in total. The highest BCUT2D eigenvalue weighted by atomic mass is 19.3. The van der Waals surface area contributed by atoms with Gasteiger partial charge in [-0.2, -0.15) is 14.0 Å². The van der Waals surface area contributed by atoms with Crippen LogP contribution in [0.5, 0.6) is 5.75 Å². The highest BCUT2D eigenvalue weighted by Gasteiger charge is 2.37. The molecule has 1 aliphatic heterocycles. The number of benzene rings is 3. The SMILES string of the molecule is N#Cc1cccc(-c2ccc3c(c2)C(F)(F)COCC(N)=NCC(c2ccccc2)O3)c1. The van der Waals surface area contributed by atoms with E-state index in [0.717, 1.165) is 5.56 Å². The second-order valence-corrected chi connectivity index (χ2v) is 7.45. The summed E-state index contributed by atoms with van der Waals surface area (Å²) in [5.41, 5.74) is 7.99. The number of fused-ring (bicyclic) bond motifs is 1. The van der Waals surface area contributed by atoms with E-state index in [1.807, 2.05) is 30.3 Å². The first kappa shape index (κ1) is 21.5. The molecule has 0 fully saturated rings. The Morgan fingerprint density at radius 1 is 1.00 bits per heavy atom. The molecule has 32 heavy (non-hydrogen) atoms. The summed E-state index contributed by atoms with van der Waals surface area (Å²) in [4.78, 5) is 4.26. The molecule has 1 atom stereocenters. The summed E-state index contributed by atoms with van der Waals surface area (Å²) in [7, 11) is 0. The molecule has 1 unspecified atom stereocenters. The van der Waals surface area contributed by atoms with Crippen molar-refractivity contribution < 1.29 is 18.3 Å². The van der Waals surface area contributed by atoms with E-state index in [-0.39, 0.29) is 30.3 Å². The van der Waals surface area contributed by atoms with E-state index in [1.165, 1.54) is 12.1 Å². The molecule has 0 aliphatic carbocycles. The van der Waals surface area contributed by atoms with E-state index in [2.05, 4.69) is 11.1 Å². The molecule has 4 rings (SSSR count). The number of nitriles is 1. The van der Waals surface area contributed by atoms with E-state index in [9.17, 15) is 0 Å². The van der Waals surface area contributed by atoms with E-state index in [0.29, 0.717) is 16.7 Å². The fraction of sp³-hybridized carbons (Fsp3) is 0.200. The van der Waals surface area contributed by atoms with Gasteiger partial charge in [-0.05, 0) is 41.0 Å². The lowest BCUT2D eigenvalue weighted by Gasteiger charge is -2.24. The third-order valence-corrected chi connectivity index (χ3v) is 5.13. The Kier molecular flexibility index (Phi) is 6.15. The monoisotopic (exact) mass is 433 g/mol. The third kappa shape index (κ3) is 4.76. The van der Waals surface area contributed by atoms with Crippen LogP contribution in [-0.4, -0.2) is 25.6 Å². The molecule has 0 amide bonds. The average Bonchev–Trinajstić information content (AvgIpc) is 2.83. The van der Waals surface area contributed by atoms with Crippen molar-refractivity contribution >= 4 is 5.84 Å². The number of alkyl halides is 2. The maximum atomic E-state index is 15.2. The quantitative estimate of drug-likeness (QED) is 0.628. The molecular formula is C25H21F2N3O2. The van der Waals surface area contributed by atoms with Crippen molar-refractivity contribution in [1.82, 2.24) is 0 Å². The Balaban J connectivity index is 1.80. The molecule has 7 heteroatoms. The zero-order chi connectivity index (χ0) is 22.6. The molecule has 0 saturated carbocycles. The van der Waals surface area contributed by atoms with Crippen LogP contribution in [0.4, 0.5) is 8.78 Å². The summed E-state index contributed by atoms with van der Waals surface area (Å²) in [5.74, 6) is -3.15. The van der Waals surface area contributed by atoms with Crippen molar-refractivity contribution in [3.05, 3.63) is 89.5 Å². The van der Waals surface area contributed by atoms with Gasteiger partial charge in [0.25, 0.3) is 5.92 Å². The fourth-order valence-electron chi connectivity index (χ4n) is 3.51. The van der Waals surface area contributed by atoms with Crippen LogP contribution in [-0.2, 0) is 10.7 Å². The van der Waals surface area contributed by atoms with Gasteiger partial charge in [-0.15, -0.1) is 0 Å². The maximum absolute atomic E-state index is 15.2. The van der Waals surface area contributed by atoms with E-state index in [1.54, 1.807) is 30.3 Å². The molecule has 0 bridgehead atoms. The van der Waals surface area contributed by atoms with Crippen molar-refractivity contribution in [2.45, 2.75) is 12.0 Å². The first-order valence-corrected chi connectivity index (χ1v) is 10.1. The van der Waals surface area contributed by atoms with Crippen molar-refractivity contribution in [2.75, 3.05) is 19.8 Å². The number of nitrogens with two attached hydrogens (primary N) is 1. The van der Waals surface area contributed by atoms with Crippen LogP contribution in [0.2, 0.25) is 0 Å². The largest absolute Gasteiger partial charge is 0.483 e. The van der Waals surface area contributed by atoms with E-state index < -0.39 is 18.6 Å². The highest BCUT2D eigenvalue weighted by molar-refractivity contribution is 5.81. The van der Waals surface area contributed by atoms with Crippen LogP contribution in [0.1, 0.15) is 22.8 Å². The molecule has 1 aliphatic rings. The number of rotatable bonds is 2. The van der Waals surface area contributed by atoms with Crippen molar-refractivity contribution in [3.63, 3.8) is 0 Å². The topological polar surface area (TPSA) is 80.6 Å². The van der Waals surface area contributed by atoms with Crippen molar-refractivity contribution in [1.29, 1.82) is 5.26 Å². The number of hydrogen-bond acceptors (Lipinski definition) is 5. The molecule has 0 spiro atoms. The van der Waals surface area contributed by atoms with Crippen LogP contribution in [0.15, 0.2) is 77.8 Å². The van der Waals surface area contributed by atoms with Crippen LogP contribution in [0.25, 0.3) is 11.1 Å². The molecular weight excluding hydrogens is 412 g/mol. The van der Waals surface area contributed by atoms with Crippen LogP contribution >= 0.6 is 0 Å². The minimum Gasteiger partial charge on any atom is -0.483 e. The second kappa shape index (κ2) is 9.16. The van der Waals surface area contributed by atoms with Crippen molar-refractivity contribution in [3.8, 4) is 22.9 Å². The normalized spacial score (nSPS) is 18.3. The zero-order valence-electron chi connectivity index (χ0n) is 17.2. The maximum Gasteiger partial charge on any atom is 0.299 e.